The number of likely N-dealkylation sites (tertiary alicyclic amines) is 1. The number of piperidine rings is 1. The van der Waals surface area contributed by atoms with E-state index in [1.54, 1.807) is 83.1 Å². The maximum absolute atomic E-state index is 13.7. The summed E-state index contributed by atoms with van der Waals surface area (Å²) in [6.45, 7) is 24.3. The lowest BCUT2D eigenvalue weighted by Gasteiger charge is -2.53. The Morgan fingerprint density at radius 2 is 1.00 bits per heavy atom. The van der Waals surface area contributed by atoms with Gasteiger partial charge in [0, 0.05) is 24.9 Å². The molecular formula is C37H63NO10. The summed E-state index contributed by atoms with van der Waals surface area (Å²) in [4.78, 5) is 69.0. The first-order valence-corrected chi connectivity index (χ1v) is 17.6. The third-order valence-corrected chi connectivity index (χ3v) is 8.47. The van der Waals surface area contributed by atoms with Crippen LogP contribution in [0.4, 0.5) is 0 Å². The van der Waals surface area contributed by atoms with Gasteiger partial charge in [-0.3, -0.25) is 28.9 Å². The first-order valence-electron chi connectivity index (χ1n) is 17.6. The Morgan fingerprint density at radius 3 is 1.38 bits per heavy atom. The Kier molecular flexibility index (Phi) is 13.9. The average molecular weight is 682 g/mol. The van der Waals surface area contributed by atoms with E-state index < -0.39 is 76.2 Å². The molecule has 0 aromatic rings. The van der Waals surface area contributed by atoms with E-state index in [9.17, 15) is 24.0 Å². The Morgan fingerprint density at radius 1 is 0.625 bits per heavy atom. The van der Waals surface area contributed by atoms with E-state index in [2.05, 4.69) is 4.90 Å². The van der Waals surface area contributed by atoms with Gasteiger partial charge in [0.05, 0.1) is 21.7 Å². The third kappa shape index (κ3) is 11.0. The van der Waals surface area contributed by atoms with E-state index in [0.717, 1.165) is 12.8 Å². The van der Waals surface area contributed by atoms with Gasteiger partial charge in [0.2, 0.25) is 0 Å². The molecule has 2 saturated heterocycles. The molecule has 0 bridgehead atoms. The van der Waals surface area contributed by atoms with Gasteiger partial charge in [0.1, 0.15) is 18.5 Å². The molecule has 0 N–H and O–H groups in total. The lowest BCUT2D eigenvalue weighted by atomic mass is 9.86. The van der Waals surface area contributed by atoms with Crippen LogP contribution in [0.2, 0.25) is 0 Å². The van der Waals surface area contributed by atoms with Gasteiger partial charge in [0.25, 0.3) is 0 Å². The second-order valence-corrected chi connectivity index (χ2v) is 17.6. The summed E-state index contributed by atoms with van der Waals surface area (Å²) in [6.07, 6.45) is -2.51. The molecule has 2 aliphatic rings. The fraction of sp³-hybridized carbons (Fsp3) is 0.865. The highest BCUT2D eigenvalue weighted by Crippen LogP contribution is 2.39. The van der Waals surface area contributed by atoms with Gasteiger partial charge in [-0.1, -0.05) is 26.7 Å². The van der Waals surface area contributed by atoms with Crippen molar-refractivity contribution in [2.24, 2.45) is 21.7 Å². The van der Waals surface area contributed by atoms with Crippen LogP contribution >= 0.6 is 0 Å². The number of nitrogens with zero attached hydrogens (tertiary/aromatic N) is 1. The monoisotopic (exact) mass is 681 g/mol. The number of ketones is 1. The molecule has 0 spiro atoms. The molecule has 0 amide bonds. The van der Waals surface area contributed by atoms with E-state index in [0.29, 0.717) is 12.8 Å². The second-order valence-electron chi connectivity index (χ2n) is 17.6. The van der Waals surface area contributed by atoms with Crippen LogP contribution in [0, 0.1) is 21.7 Å². The minimum Gasteiger partial charge on any atom is -0.462 e. The Bertz CT molecular complexity index is 1130. The van der Waals surface area contributed by atoms with Gasteiger partial charge in [-0.05, 0) is 95.9 Å². The van der Waals surface area contributed by atoms with Gasteiger partial charge in [-0.25, -0.2) is 0 Å². The summed E-state index contributed by atoms with van der Waals surface area (Å²) in [6, 6.07) is -0.502. The molecule has 276 valence electrons. The van der Waals surface area contributed by atoms with Crippen LogP contribution in [0.15, 0.2) is 0 Å². The van der Waals surface area contributed by atoms with Gasteiger partial charge < -0.3 is 23.7 Å². The molecule has 0 unspecified atom stereocenters. The Hall–Kier alpha value is -2.53. The Balaban J connectivity index is 2.89. The zero-order valence-corrected chi connectivity index (χ0v) is 32.0. The van der Waals surface area contributed by atoms with Crippen molar-refractivity contribution >= 4 is 29.7 Å². The van der Waals surface area contributed by atoms with E-state index in [4.69, 9.17) is 23.7 Å². The summed E-state index contributed by atoms with van der Waals surface area (Å²) in [5.74, 6) is -2.12. The highest BCUT2D eigenvalue weighted by molar-refractivity contribution is 5.81. The van der Waals surface area contributed by atoms with E-state index in [1.807, 2.05) is 13.8 Å². The summed E-state index contributed by atoms with van der Waals surface area (Å²) >= 11 is 0. The Labute approximate surface area is 288 Å². The predicted molar refractivity (Wildman–Crippen MR) is 181 cm³/mol. The molecule has 0 radical (unpaired) electrons. The predicted octanol–water partition coefficient (Wildman–Crippen LogP) is 6.18. The molecule has 2 heterocycles. The van der Waals surface area contributed by atoms with Crippen molar-refractivity contribution in [2.45, 2.75) is 178 Å². The summed E-state index contributed by atoms with van der Waals surface area (Å²) in [5.41, 5.74) is -3.69. The van der Waals surface area contributed by atoms with Crippen molar-refractivity contribution < 1.29 is 47.7 Å². The maximum Gasteiger partial charge on any atom is 0.311 e. The first kappa shape index (κ1) is 41.6. The number of esters is 4. The quantitative estimate of drug-likeness (QED) is 0.193. The van der Waals surface area contributed by atoms with Crippen LogP contribution < -0.4 is 0 Å². The van der Waals surface area contributed by atoms with Gasteiger partial charge in [-0.15, -0.1) is 0 Å². The minimum atomic E-state index is -1.33. The smallest absolute Gasteiger partial charge is 0.311 e. The van der Waals surface area contributed by atoms with Crippen molar-refractivity contribution in [1.82, 2.24) is 4.90 Å². The normalized spacial score (nSPS) is 27.6. The molecule has 0 aromatic heterocycles. The molecule has 0 aliphatic carbocycles. The van der Waals surface area contributed by atoms with Crippen molar-refractivity contribution in [1.29, 1.82) is 0 Å². The first-order chi connectivity index (χ1) is 21.8. The molecule has 2 fully saturated rings. The van der Waals surface area contributed by atoms with Gasteiger partial charge in [0.15, 0.2) is 24.5 Å². The van der Waals surface area contributed by atoms with Crippen molar-refractivity contribution in [3.05, 3.63) is 0 Å². The molecule has 2 aliphatic heterocycles. The van der Waals surface area contributed by atoms with Crippen molar-refractivity contribution in [3.8, 4) is 0 Å². The number of hydrogen-bond donors (Lipinski definition) is 0. The molecule has 0 saturated carbocycles. The van der Waals surface area contributed by atoms with Crippen LogP contribution in [0.1, 0.15) is 135 Å². The van der Waals surface area contributed by atoms with Crippen LogP contribution in [-0.4, -0.2) is 83.9 Å². The molecule has 0 aromatic carbocycles. The van der Waals surface area contributed by atoms with Crippen LogP contribution in [0.5, 0.6) is 0 Å². The number of ether oxygens (including phenoxy) is 5. The average Bonchev–Trinajstić information content (AvgIpc) is 2.92. The third-order valence-electron chi connectivity index (χ3n) is 8.47. The van der Waals surface area contributed by atoms with E-state index in [-0.39, 0.29) is 37.3 Å². The lowest BCUT2D eigenvalue weighted by molar-refractivity contribution is -0.293. The number of carbonyl (C=O) groups is 5. The zero-order chi connectivity index (χ0) is 37.0. The minimum absolute atomic E-state index is 0.144. The van der Waals surface area contributed by atoms with Crippen molar-refractivity contribution in [3.63, 3.8) is 0 Å². The molecular weight excluding hydrogens is 618 g/mol. The van der Waals surface area contributed by atoms with Gasteiger partial charge in [-0.2, -0.15) is 0 Å². The van der Waals surface area contributed by atoms with E-state index in [1.165, 1.54) is 0 Å². The molecule has 7 atom stereocenters. The zero-order valence-electron chi connectivity index (χ0n) is 32.0. The summed E-state index contributed by atoms with van der Waals surface area (Å²) in [7, 11) is 0. The van der Waals surface area contributed by atoms with Crippen LogP contribution in [-0.2, 0) is 47.7 Å². The van der Waals surface area contributed by atoms with Gasteiger partial charge >= 0.3 is 23.9 Å². The second kappa shape index (κ2) is 16.0. The summed E-state index contributed by atoms with van der Waals surface area (Å²) in [5, 5.41) is 0. The largest absolute Gasteiger partial charge is 0.462 e. The van der Waals surface area contributed by atoms with Crippen LogP contribution in [0.25, 0.3) is 0 Å². The lowest BCUT2D eigenvalue weighted by Crippen LogP contribution is -2.70. The molecule has 48 heavy (non-hydrogen) atoms. The SMILES string of the molecule is CCC[C@@H]1CC(=O)C[C@H](CCC)N1[C@@H]1O[C@H](COC(=O)C(C)(C)C)[C@H](OC(=O)C(C)(C)C)[C@H](OC(=O)C(C)(C)C)[C@H]1OC(=O)C(C)(C)C. The van der Waals surface area contributed by atoms with E-state index >= 15 is 0 Å². The topological polar surface area (TPSA) is 135 Å². The number of hydrogen-bond acceptors (Lipinski definition) is 11. The highest BCUT2D eigenvalue weighted by Gasteiger charge is 2.58. The maximum atomic E-state index is 13.7. The molecule has 11 heteroatoms. The number of Topliss-reactive ketones (excluding diaryl/α,β-unsaturated/α-hetero) is 1. The fourth-order valence-electron chi connectivity index (χ4n) is 5.65. The molecule has 11 nitrogen and oxygen atoms in total. The highest BCUT2D eigenvalue weighted by atomic mass is 16.7. The summed E-state index contributed by atoms with van der Waals surface area (Å²) < 4.78 is 31.2. The van der Waals surface area contributed by atoms with Crippen molar-refractivity contribution in [2.75, 3.05) is 6.61 Å². The van der Waals surface area contributed by atoms with Crippen LogP contribution in [0.3, 0.4) is 0 Å². The standard InChI is InChI=1S/C37H63NO10/c1-15-17-22-19-24(39)20-23(18-16-2)38(22)29-28(48-33(43)37(12,13)14)27(47-32(42)36(9,10)11)26(46-31(41)35(6,7)8)25(45-29)21-44-30(40)34(3,4)5/h22-23,25-29H,15-21H2,1-14H3/t22-,23+,25-,26+,27+,28-,29-/m1/s1. The number of carbonyl (C=O) groups excluding carboxylic acids is 5. The molecule has 2 rings (SSSR count). The number of rotatable bonds is 10. The fourth-order valence-corrected chi connectivity index (χ4v) is 5.65.